The van der Waals surface area contributed by atoms with Gasteiger partial charge in [-0.3, -0.25) is 0 Å². The zero-order valence-corrected chi connectivity index (χ0v) is 22.8. The van der Waals surface area contributed by atoms with Gasteiger partial charge in [-0.2, -0.15) is 0 Å². The van der Waals surface area contributed by atoms with Crippen LogP contribution in [0.1, 0.15) is 85.3 Å². The van der Waals surface area contributed by atoms with Gasteiger partial charge in [0.2, 0.25) is 0 Å². The van der Waals surface area contributed by atoms with Gasteiger partial charge in [0, 0.05) is 22.4 Å². The van der Waals surface area contributed by atoms with Crippen LogP contribution in [0.25, 0.3) is 11.3 Å². The van der Waals surface area contributed by atoms with Gasteiger partial charge in [-0.05, 0) is 68.7 Å². The summed E-state index contributed by atoms with van der Waals surface area (Å²) in [7, 11) is 0. The van der Waals surface area contributed by atoms with E-state index in [-0.39, 0.29) is 17.2 Å². The molecule has 1 aliphatic heterocycles. The number of fused-ring (bicyclic) bond motifs is 1. The molecule has 0 amide bonds. The number of halogens is 1. The van der Waals surface area contributed by atoms with E-state index in [4.69, 9.17) is 11.2 Å². The number of nitrogens with one attached hydrogen (secondary N) is 1. The summed E-state index contributed by atoms with van der Waals surface area (Å²) in [6, 6.07) is 15.5. The van der Waals surface area contributed by atoms with Crippen molar-refractivity contribution < 1.29 is 19.0 Å². The molecule has 5 heteroatoms. The highest BCUT2D eigenvalue weighted by atomic mass is 19.1. The zero-order valence-electron chi connectivity index (χ0n) is 22.8. The second-order valence-corrected chi connectivity index (χ2v) is 8.84. The number of rotatable bonds is 6. The van der Waals surface area contributed by atoms with Crippen LogP contribution in [0.2, 0.25) is 0 Å². The third-order valence-corrected chi connectivity index (χ3v) is 6.30. The van der Waals surface area contributed by atoms with E-state index in [0.717, 1.165) is 34.3 Å². The number of anilines is 1. The van der Waals surface area contributed by atoms with Gasteiger partial charge in [0.05, 0.1) is 22.7 Å². The van der Waals surface area contributed by atoms with E-state index >= 15 is 4.39 Å². The summed E-state index contributed by atoms with van der Waals surface area (Å²) in [5.74, 6) is 1.92. The number of aryl methyl sites for hydroxylation is 1. The summed E-state index contributed by atoms with van der Waals surface area (Å²) in [5.41, 5.74) is 5.76. The molecule has 4 rings (SSSR count). The number of aromatic carboxylic acids is 1. The van der Waals surface area contributed by atoms with Crippen molar-refractivity contribution in [2.75, 3.05) is 5.32 Å². The predicted octanol–water partition coefficient (Wildman–Crippen LogP) is 8.63. The molecular weight excluding hydrogens is 477 g/mol. The third-order valence-electron chi connectivity index (χ3n) is 6.30. The van der Waals surface area contributed by atoms with Crippen molar-refractivity contribution >= 4 is 23.0 Å². The van der Waals surface area contributed by atoms with Crippen molar-refractivity contribution in [2.24, 2.45) is 0 Å². The Morgan fingerprint density at radius 1 is 1.13 bits per heavy atom. The molecule has 4 nitrogen and oxygen atoms in total. The fraction of sp³-hybridized carbons (Fsp3) is 0.242. The van der Waals surface area contributed by atoms with E-state index in [2.05, 4.69) is 30.3 Å². The maximum Gasteiger partial charge on any atom is 0.337 e. The van der Waals surface area contributed by atoms with Crippen LogP contribution in [0.5, 0.6) is 5.75 Å². The molecule has 196 valence electrons. The highest BCUT2D eigenvalue weighted by Crippen LogP contribution is 2.46. The molecule has 1 heterocycles. The lowest BCUT2D eigenvalue weighted by Crippen LogP contribution is -2.16. The molecule has 2 N–H and O–H groups in total. The lowest BCUT2D eigenvalue weighted by molar-refractivity contribution is 0.0698. The third kappa shape index (κ3) is 5.50. The maximum absolute atomic E-state index is 15.3. The van der Waals surface area contributed by atoms with Crippen molar-refractivity contribution in [1.29, 1.82) is 0 Å². The van der Waals surface area contributed by atoms with Gasteiger partial charge >= 0.3 is 5.97 Å². The van der Waals surface area contributed by atoms with E-state index in [0.29, 0.717) is 22.8 Å². The molecule has 38 heavy (non-hydrogen) atoms. The Morgan fingerprint density at radius 2 is 1.84 bits per heavy atom. The van der Waals surface area contributed by atoms with E-state index < -0.39 is 11.8 Å². The number of benzene rings is 3. The van der Waals surface area contributed by atoms with Crippen LogP contribution in [-0.2, 0) is 0 Å². The zero-order chi connectivity index (χ0) is 28.0. The minimum Gasteiger partial charge on any atom is -0.478 e. The first-order chi connectivity index (χ1) is 18.3. The summed E-state index contributed by atoms with van der Waals surface area (Å²) in [6.07, 6.45) is 8.41. The SMILES string of the molecule is C#Cc1cccc(C2=C(C)C(=CCC)c3cc(C)cc(C(C)Nc4ccccc4C(=O)O)c3O2)c1F.CC. The van der Waals surface area contributed by atoms with Gasteiger partial charge in [-0.25, -0.2) is 9.18 Å². The Balaban J connectivity index is 0.00000195. The fourth-order valence-electron chi connectivity index (χ4n) is 4.59. The number of hydrogen-bond donors (Lipinski definition) is 2. The normalized spacial score (nSPS) is 14.0. The Kier molecular flexibility index (Phi) is 9.15. The first-order valence-corrected chi connectivity index (χ1v) is 12.8. The second kappa shape index (κ2) is 12.3. The topological polar surface area (TPSA) is 58.6 Å². The average Bonchev–Trinajstić information content (AvgIpc) is 2.91. The van der Waals surface area contributed by atoms with E-state index in [1.165, 1.54) is 0 Å². The van der Waals surface area contributed by atoms with Gasteiger partial charge in [0.1, 0.15) is 17.3 Å². The molecule has 1 aliphatic rings. The smallest absolute Gasteiger partial charge is 0.337 e. The number of ether oxygens (including phenoxy) is 1. The molecule has 1 atom stereocenters. The minimum atomic E-state index is -1.01. The quantitative estimate of drug-likeness (QED) is 0.325. The summed E-state index contributed by atoms with van der Waals surface area (Å²) in [4.78, 5) is 11.7. The largest absolute Gasteiger partial charge is 0.478 e. The van der Waals surface area contributed by atoms with Crippen LogP contribution in [0.3, 0.4) is 0 Å². The van der Waals surface area contributed by atoms with Gasteiger partial charge in [-0.15, -0.1) is 6.42 Å². The van der Waals surface area contributed by atoms with Crippen molar-refractivity contribution in [3.8, 4) is 18.1 Å². The molecule has 0 aromatic heterocycles. The van der Waals surface area contributed by atoms with Crippen LogP contribution in [-0.4, -0.2) is 11.1 Å². The highest BCUT2D eigenvalue weighted by Gasteiger charge is 2.29. The molecule has 1 unspecified atom stereocenters. The fourth-order valence-corrected chi connectivity index (χ4v) is 4.59. The Bertz CT molecular complexity index is 1460. The standard InChI is InChI=1S/C31H28FNO3.C2H6/c1-6-11-22-19(4)29(24-14-10-12-21(7-2)28(24)32)36-30-25(16-18(3)17-26(22)30)20(5)33-27-15-9-8-13-23(27)31(34)35;1-2/h2,8-17,20,33H,6H2,1,3-5H3,(H,34,35);1-2H3. The van der Waals surface area contributed by atoms with Crippen LogP contribution in [0.4, 0.5) is 10.1 Å². The minimum absolute atomic E-state index is 0.174. The molecule has 0 fully saturated rings. The number of para-hydroxylation sites is 1. The first-order valence-electron chi connectivity index (χ1n) is 12.8. The van der Waals surface area contributed by atoms with Gasteiger partial charge in [-0.1, -0.05) is 57.0 Å². The van der Waals surface area contributed by atoms with Crippen molar-refractivity contribution in [3.05, 3.63) is 105 Å². The summed E-state index contributed by atoms with van der Waals surface area (Å²) in [5, 5.41) is 12.9. The summed E-state index contributed by atoms with van der Waals surface area (Å²) in [6.45, 7) is 11.9. The van der Waals surface area contributed by atoms with Gasteiger partial charge < -0.3 is 15.2 Å². The molecule has 0 radical (unpaired) electrons. The molecular formula is C33H34FNO3. The van der Waals surface area contributed by atoms with Crippen LogP contribution < -0.4 is 10.1 Å². The predicted molar refractivity (Wildman–Crippen MR) is 154 cm³/mol. The Morgan fingerprint density at radius 3 is 2.50 bits per heavy atom. The molecule has 0 aliphatic carbocycles. The van der Waals surface area contributed by atoms with E-state index in [1.807, 2.05) is 40.7 Å². The molecule has 3 aromatic rings. The van der Waals surface area contributed by atoms with Gasteiger partial charge in [0.25, 0.3) is 0 Å². The highest BCUT2D eigenvalue weighted by molar-refractivity contribution is 5.95. The average molecular weight is 512 g/mol. The molecule has 3 aromatic carbocycles. The molecule has 0 saturated carbocycles. The van der Waals surface area contributed by atoms with Crippen molar-refractivity contribution in [2.45, 2.75) is 54.0 Å². The summed E-state index contributed by atoms with van der Waals surface area (Å²) < 4.78 is 21.8. The number of carboxylic acid groups (broad SMARTS) is 1. The molecule has 0 bridgehead atoms. The van der Waals surface area contributed by atoms with Crippen molar-refractivity contribution in [3.63, 3.8) is 0 Å². The summed E-state index contributed by atoms with van der Waals surface area (Å²) >= 11 is 0. The van der Waals surface area contributed by atoms with E-state index in [1.54, 1.807) is 42.5 Å². The maximum atomic E-state index is 15.3. The van der Waals surface area contributed by atoms with Crippen LogP contribution in [0.15, 0.2) is 66.2 Å². The monoisotopic (exact) mass is 511 g/mol. The second-order valence-electron chi connectivity index (χ2n) is 8.84. The Labute approximate surface area is 224 Å². The number of carbonyl (C=O) groups is 1. The molecule has 0 saturated heterocycles. The van der Waals surface area contributed by atoms with Crippen LogP contribution >= 0.6 is 0 Å². The number of allylic oxidation sites excluding steroid dienone is 3. The van der Waals surface area contributed by atoms with Crippen LogP contribution in [0, 0.1) is 25.1 Å². The first kappa shape index (κ1) is 28.3. The van der Waals surface area contributed by atoms with Gasteiger partial charge in [0.15, 0.2) is 0 Å². The molecule has 0 spiro atoms. The van der Waals surface area contributed by atoms with E-state index in [9.17, 15) is 9.90 Å². The lowest BCUT2D eigenvalue weighted by atomic mass is 9.87. The number of terminal acetylenes is 1. The number of hydrogen-bond acceptors (Lipinski definition) is 3. The van der Waals surface area contributed by atoms with Crippen molar-refractivity contribution in [1.82, 2.24) is 0 Å². The lowest BCUT2D eigenvalue weighted by Gasteiger charge is -2.29. The Hall–Kier alpha value is -4.30. The number of carboxylic acids is 1.